The summed E-state index contributed by atoms with van der Waals surface area (Å²) in [6.07, 6.45) is 8.63. The van der Waals surface area contributed by atoms with Crippen LogP contribution in [0.1, 0.15) is 20.3 Å². The highest BCUT2D eigenvalue weighted by Crippen LogP contribution is 2.41. The third kappa shape index (κ3) is 2.98. The summed E-state index contributed by atoms with van der Waals surface area (Å²) in [6.45, 7) is 3.78. The molecule has 0 fully saturated rings. The van der Waals surface area contributed by atoms with Gasteiger partial charge in [0.05, 0.1) is 11.1 Å². The Hall–Kier alpha value is -2.46. The van der Waals surface area contributed by atoms with E-state index >= 15 is 0 Å². The van der Waals surface area contributed by atoms with E-state index in [1.54, 1.807) is 14.0 Å². The Morgan fingerprint density at radius 3 is 2.64 bits per heavy atom. The number of anilines is 1. The highest BCUT2D eigenvalue weighted by Gasteiger charge is 2.48. The monoisotopic (exact) mass is 336 g/mol. The summed E-state index contributed by atoms with van der Waals surface area (Å²) in [5.41, 5.74) is 7.44. The Kier molecular flexibility index (Phi) is 4.48. The Labute approximate surface area is 148 Å². The van der Waals surface area contributed by atoms with Gasteiger partial charge in [-0.25, -0.2) is 0 Å². The molecular weight excluding hydrogens is 312 g/mol. The van der Waals surface area contributed by atoms with Crippen LogP contribution in [0.3, 0.4) is 0 Å². The van der Waals surface area contributed by atoms with Gasteiger partial charge >= 0.3 is 0 Å². The van der Waals surface area contributed by atoms with Crippen molar-refractivity contribution in [2.75, 3.05) is 11.9 Å². The number of hydrogen-bond acceptors (Lipinski definition) is 3. The first kappa shape index (κ1) is 17.4. The van der Waals surface area contributed by atoms with Gasteiger partial charge in [0.1, 0.15) is 0 Å². The van der Waals surface area contributed by atoms with Crippen molar-refractivity contribution in [3.05, 3.63) is 65.8 Å². The lowest BCUT2D eigenvalue weighted by molar-refractivity contribution is -0.126. The van der Waals surface area contributed by atoms with Crippen LogP contribution in [0, 0.1) is 11.8 Å². The Bertz CT molecular complexity index is 787. The van der Waals surface area contributed by atoms with E-state index in [1.807, 2.05) is 61.6 Å². The smallest absolute Gasteiger partial charge is 0.261 e. The third-order valence-corrected chi connectivity index (χ3v) is 5.37. The first-order valence-electron chi connectivity index (χ1n) is 8.56. The van der Waals surface area contributed by atoms with Crippen LogP contribution in [0.15, 0.2) is 65.8 Å². The summed E-state index contributed by atoms with van der Waals surface area (Å²) in [5, 5.41) is 0. The molecule has 3 atom stereocenters. The van der Waals surface area contributed by atoms with Crippen molar-refractivity contribution in [2.24, 2.45) is 17.6 Å². The van der Waals surface area contributed by atoms with Crippen molar-refractivity contribution >= 4 is 17.4 Å². The van der Waals surface area contributed by atoms with Crippen LogP contribution in [0.4, 0.5) is 5.69 Å². The number of allylic oxidation sites excluding steroid dienone is 5. The minimum absolute atomic E-state index is 0.00850. The van der Waals surface area contributed by atoms with Crippen molar-refractivity contribution in [3.63, 3.8) is 0 Å². The molecule has 0 saturated heterocycles. The standard InChI is InChI=1S/C21H24N2O2/c1-14-9-7-8-12-18-16(14)13-17(19(24)21(18,2)22)20(25)23(3)15-10-5-4-6-11-15/h4-11,13,16,18H,12,22H2,1-3H3. The topological polar surface area (TPSA) is 63.4 Å². The number of hydrogen-bond donors (Lipinski definition) is 1. The summed E-state index contributed by atoms with van der Waals surface area (Å²) in [6, 6.07) is 9.31. The second kappa shape index (κ2) is 6.45. The van der Waals surface area contributed by atoms with Crippen LogP contribution in [0.5, 0.6) is 0 Å². The number of carbonyl (C=O) groups is 2. The number of benzene rings is 1. The highest BCUT2D eigenvalue weighted by atomic mass is 16.2. The maximum absolute atomic E-state index is 13.0. The van der Waals surface area contributed by atoms with E-state index < -0.39 is 5.54 Å². The molecule has 3 unspecified atom stereocenters. The number of ketones is 1. The fraction of sp³-hybridized carbons (Fsp3) is 0.333. The molecule has 0 saturated carbocycles. The molecule has 1 amide bonds. The van der Waals surface area contributed by atoms with E-state index in [1.165, 1.54) is 4.90 Å². The molecule has 0 aromatic heterocycles. The van der Waals surface area contributed by atoms with E-state index in [2.05, 4.69) is 0 Å². The average molecular weight is 336 g/mol. The number of para-hydroxylation sites is 1. The quantitative estimate of drug-likeness (QED) is 0.845. The number of nitrogens with two attached hydrogens (primary N) is 1. The molecular formula is C21H24N2O2. The predicted molar refractivity (Wildman–Crippen MR) is 100 cm³/mol. The van der Waals surface area contributed by atoms with Gasteiger partial charge in [-0.2, -0.15) is 0 Å². The van der Waals surface area contributed by atoms with Crippen LogP contribution in [-0.4, -0.2) is 24.3 Å². The molecule has 0 bridgehead atoms. The molecule has 2 aliphatic carbocycles. The number of carbonyl (C=O) groups excluding carboxylic acids is 2. The van der Waals surface area contributed by atoms with E-state index in [0.717, 1.165) is 17.7 Å². The summed E-state index contributed by atoms with van der Waals surface area (Å²) in [7, 11) is 1.68. The van der Waals surface area contributed by atoms with Crippen LogP contribution >= 0.6 is 0 Å². The zero-order chi connectivity index (χ0) is 18.2. The second-order valence-corrected chi connectivity index (χ2v) is 7.10. The van der Waals surface area contributed by atoms with Gasteiger partial charge in [0.15, 0.2) is 5.78 Å². The molecule has 0 spiro atoms. The van der Waals surface area contributed by atoms with Gasteiger partial charge in [-0.3, -0.25) is 9.59 Å². The predicted octanol–water partition coefficient (Wildman–Crippen LogP) is 3.01. The van der Waals surface area contributed by atoms with Gasteiger partial charge in [0.2, 0.25) is 0 Å². The molecule has 4 heteroatoms. The van der Waals surface area contributed by atoms with E-state index in [0.29, 0.717) is 0 Å². The summed E-state index contributed by atoms with van der Waals surface area (Å²) in [5.74, 6) is -0.625. The lowest BCUT2D eigenvalue weighted by Gasteiger charge is -2.41. The normalized spacial score (nSPS) is 28.6. The number of nitrogens with zero attached hydrogens (tertiary/aromatic N) is 1. The van der Waals surface area contributed by atoms with Gasteiger partial charge in [-0.1, -0.05) is 48.1 Å². The summed E-state index contributed by atoms with van der Waals surface area (Å²) < 4.78 is 0. The van der Waals surface area contributed by atoms with Crippen molar-refractivity contribution in [1.82, 2.24) is 0 Å². The molecule has 3 rings (SSSR count). The molecule has 2 N–H and O–H groups in total. The second-order valence-electron chi connectivity index (χ2n) is 7.10. The molecule has 1 aromatic carbocycles. The molecule has 0 radical (unpaired) electrons. The minimum atomic E-state index is -1.06. The van der Waals surface area contributed by atoms with Crippen molar-refractivity contribution in [3.8, 4) is 0 Å². The number of fused-ring (bicyclic) bond motifs is 1. The third-order valence-electron chi connectivity index (χ3n) is 5.37. The van der Waals surface area contributed by atoms with Crippen LogP contribution in [0.2, 0.25) is 0 Å². The molecule has 0 aliphatic heterocycles. The van der Waals surface area contributed by atoms with Crippen molar-refractivity contribution in [1.29, 1.82) is 0 Å². The van der Waals surface area contributed by atoms with Gasteiger partial charge in [-0.05, 0) is 38.3 Å². The molecule has 4 nitrogen and oxygen atoms in total. The fourth-order valence-corrected chi connectivity index (χ4v) is 3.72. The van der Waals surface area contributed by atoms with Crippen LogP contribution in [0.25, 0.3) is 0 Å². The first-order chi connectivity index (χ1) is 11.8. The number of Topliss-reactive ketones (excluding diaryl/α,β-unsaturated/α-hetero) is 1. The average Bonchev–Trinajstić information content (AvgIpc) is 2.80. The zero-order valence-electron chi connectivity index (χ0n) is 14.9. The van der Waals surface area contributed by atoms with Gasteiger partial charge < -0.3 is 10.6 Å². The minimum Gasteiger partial charge on any atom is -0.319 e. The largest absolute Gasteiger partial charge is 0.319 e. The van der Waals surface area contributed by atoms with E-state index in [4.69, 9.17) is 5.73 Å². The SMILES string of the molecule is CC1=CC=CCC2C1C=C(C(=O)N(C)c1ccccc1)C(=O)C2(C)N. The Morgan fingerprint density at radius 1 is 1.28 bits per heavy atom. The van der Waals surface area contributed by atoms with E-state index in [-0.39, 0.29) is 29.1 Å². The number of amides is 1. The fourth-order valence-electron chi connectivity index (χ4n) is 3.72. The molecule has 1 aromatic rings. The van der Waals surface area contributed by atoms with Gasteiger partial charge in [0, 0.05) is 18.7 Å². The zero-order valence-corrected chi connectivity index (χ0v) is 14.9. The van der Waals surface area contributed by atoms with Crippen LogP contribution < -0.4 is 10.6 Å². The lowest BCUT2D eigenvalue weighted by Crippen LogP contribution is -2.58. The van der Waals surface area contributed by atoms with Gasteiger partial charge in [0.25, 0.3) is 5.91 Å². The molecule has 0 heterocycles. The van der Waals surface area contributed by atoms with Crippen molar-refractivity contribution in [2.45, 2.75) is 25.8 Å². The maximum Gasteiger partial charge on any atom is 0.261 e. The number of likely N-dealkylation sites (N-methyl/N-ethyl adjacent to an activating group) is 1. The molecule has 130 valence electrons. The first-order valence-corrected chi connectivity index (χ1v) is 8.56. The lowest BCUT2D eigenvalue weighted by atomic mass is 9.65. The van der Waals surface area contributed by atoms with Crippen molar-refractivity contribution < 1.29 is 9.59 Å². The van der Waals surface area contributed by atoms with E-state index in [9.17, 15) is 9.59 Å². The molecule has 2 aliphatic rings. The molecule has 25 heavy (non-hydrogen) atoms. The summed E-state index contributed by atoms with van der Waals surface area (Å²) >= 11 is 0. The Balaban J connectivity index is 2.02. The summed E-state index contributed by atoms with van der Waals surface area (Å²) in [4.78, 5) is 27.5. The number of rotatable bonds is 2. The maximum atomic E-state index is 13.0. The van der Waals surface area contributed by atoms with Crippen LogP contribution in [-0.2, 0) is 9.59 Å². The highest BCUT2D eigenvalue weighted by molar-refractivity contribution is 6.27. The van der Waals surface area contributed by atoms with Gasteiger partial charge in [-0.15, -0.1) is 0 Å². The Morgan fingerprint density at radius 2 is 1.96 bits per heavy atom.